The maximum absolute atomic E-state index is 11.6. The Morgan fingerprint density at radius 1 is 1.46 bits per heavy atom. The van der Waals surface area contributed by atoms with E-state index in [1.165, 1.54) is 25.7 Å². The number of carbonyl (C=O) groups is 1. The van der Waals surface area contributed by atoms with Gasteiger partial charge in [-0.25, -0.2) is 0 Å². The summed E-state index contributed by atoms with van der Waals surface area (Å²) in [4.78, 5) is 13.7. The lowest BCUT2D eigenvalue weighted by Crippen LogP contribution is -2.39. The van der Waals surface area contributed by atoms with Gasteiger partial charge in [-0.2, -0.15) is 0 Å². The topological polar surface area (TPSA) is 20.3 Å². The fraction of sp³-hybridized carbons (Fsp3) is 0.900. The summed E-state index contributed by atoms with van der Waals surface area (Å²) >= 11 is 3.40. The first-order valence-corrected chi connectivity index (χ1v) is 6.27. The summed E-state index contributed by atoms with van der Waals surface area (Å²) in [6, 6.07) is 0.532. The lowest BCUT2D eigenvalue weighted by molar-refractivity contribution is -0.132. The molecule has 1 rings (SSSR count). The number of alkyl halides is 1. The van der Waals surface area contributed by atoms with Crippen molar-refractivity contribution in [1.29, 1.82) is 0 Å². The fourth-order valence-electron chi connectivity index (χ4n) is 2.02. The van der Waals surface area contributed by atoms with Crippen LogP contribution in [-0.2, 0) is 4.79 Å². The van der Waals surface area contributed by atoms with Crippen LogP contribution in [0.15, 0.2) is 0 Å². The normalized spacial score (nSPS) is 17.7. The Morgan fingerprint density at radius 3 is 2.54 bits per heavy atom. The van der Waals surface area contributed by atoms with Gasteiger partial charge in [0.15, 0.2) is 0 Å². The summed E-state index contributed by atoms with van der Waals surface area (Å²) < 4.78 is 0. The predicted octanol–water partition coefficient (Wildman–Crippen LogP) is 2.56. The van der Waals surface area contributed by atoms with E-state index in [4.69, 9.17) is 0 Å². The molecule has 76 valence electrons. The Bertz CT molecular complexity index is 166. The van der Waals surface area contributed by atoms with Crippen LogP contribution >= 0.6 is 15.9 Å². The van der Waals surface area contributed by atoms with E-state index in [0.29, 0.717) is 18.4 Å². The van der Waals surface area contributed by atoms with Crippen LogP contribution in [-0.4, -0.2) is 28.7 Å². The second-order valence-corrected chi connectivity index (χ2v) is 4.36. The smallest absolute Gasteiger partial charge is 0.222 e. The first kappa shape index (κ1) is 11.0. The number of hydrogen-bond donors (Lipinski definition) is 0. The zero-order chi connectivity index (χ0) is 9.68. The third-order valence-corrected chi connectivity index (χ3v) is 3.07. The molecular formula is C10H18BrNO. The van der Waals surface area contributed by atoms with E-state index in [-0.39, 0.29) is 0 Å². The summed E-state index contributed by atoms with van der Waals surface area (Å²) in [6.07, 6.45) is 5.64. The maximum atomic E-state index is 11.6. The van der Waals surface area contributed by atoms with Crippen LogP contribution in [0.2, 0.25) is 0 Å². The van der Waals surface area contributed by atoms with E-state index in [0.717, 1.165) is 11.9 Å². The van der Waals surface area contributed by atoms with Gasteiger partial charge >= 0.3 is 0 Å². The first-order valence-electron chi connectivity index (χ1n) is 5.15. The minimum Gasteiger partial charge on any atom is -0.339 e. The minimum absolute atomic E-state index is 0.311. The van der Waals surface area contributed by atoms with Crippen LogP contribution in [0.3, 0.4) is 0 Å². The molecule has 0 aromatic carbocycles. The Kier molecular flexibility index (Phi) is 4.78. The van der Waals surface area contributed by atoms with Gasteiger partial charge in [0.05, 0.1) is 0 Å². The van der Waals surface area contributed by atoms with Gasteiger partial charge in [0.2, 0.25) is 5.91 Å². The molecule has 0 atom stereocenters. The lowest BCUT2D eigenvalue weighted by atomic mass is 10.2. The summed E-state index contributed by atoms with van der Waals surface area (Å²) in [5.41, 5.74) is 0. The summed E-state index contributed by atoms with van der Waals surface area (Å²) in [6.45, 7) is 2.82. The lowest BCUT2D eigenvalue weighted by Gasteiger charge is -2.28. The van der Waals surface area contributed by atoms with Crippen LogP contribution in [0, 0.1) is 0 Å². The molecule has 0 heterocycles. The minimum atomic E-state index is 0.311. The van der Waals surface area contributed by atoms with E-state index >= 15 is 0 Å². The average molecular weight is 248 g/mol. The van der Waals surface area contributed by atoms with Crippen LogP contribution in [0.4, 0.5) is 0 Å². The van der Waals surface area contributed by atoms with Gasteiger partial charge in [0.25, 0.3) is 0 Å². The number of halogens is 1. The molecule has 1 fully saturated rings. The molecular weight excluding hydrogens is 230 g/mol. The summed E-state index contributed by atoms with van der Waals surface area (Å²) in [7, 11) is 0. The zero-order valence-corrected chi connectivity index (χ0v) is 9.85. The SMILES string of the molecule is CCC(=O)N(CCBr)C1CCCC1. The number of rotatable bonds is 4. The molecule has 0 aromatic heterocycles. The van der Waals surface area contributed by atoms with Crippen molar-refractivity contribution in [2.24, 2.45) is 0 Å². The molecule has 1 amide bonds. The molecule has 0 N–H and O–H groups in total. The molecule has 0 saturated heterocycles. The van der Waals surface area contributed by atoms with Crippen LogP contribution in [0.25, 0.3) is 0 Å². The average Bonchev–Trinajstić information content (AvgIpc) is 2.65. The number of carbonyl (C=O) groups excluding carboxylic acids is 1. The van der Waals surface area contributed by atoms with E-state index in [1.54, 1.807) is 0 Å². The molecule has 2 nitrogen and oxygen atoms in total. The molecule has 0 radical (unpaired) electrons. The molecule has 1 aliphatic rings. The molecule has 0 spiro atoms. The van der Waals surface area contributed by atoms with Crippen molar-refractivity contribution in [3.05, 3.63) is 0 Å². The van der Waals surface area contributed by atoms with E-state index in [9.17, 15) is 4.79 Å². The third-order valence-electron chi connectivity index (χ3n) is 2.71. The largest absolute Gasteiger partial charge is 0.339 e. The molecule has 1 saturated carbocycles. The molecule has 1 aliphatic carbocycles. The second kappa shape index (κ2) is 5.63. The molecule has 0 aliphatic heterocycles. The third kappa shape index (κ3) is 2.97. The Hall–Kier alpha value is -0.0500. The van der Waals surface area contributed by atoms with Gasteiger partial charge in [-0.15, -0.1) is 0 Å². The first-order chi connectivity index (χ1) is 6.29. The Morgan fingerprint density at radius 2 is 2.08 bits per heavy atom. The zero-order valence-electron chi connectivity index (χ0n) is 8.26. The Balaban J connectivity index is 2.49. The number of hydrogen-bond acceptors (Lipinski definition) is 1. The summed E-state index contributed by atoms with van der Waals surface area (Å²) in [5.74, 6) is 0.311. The van der Waals surface area contributed by atoms with Crippen molar-refractivity contribution < 1.29 is 4.79 Å². The van der Waals surface area contributed by atoms with Crippen molar-refractivity contribution in [2.45, 2.75) is 45.1 Å². The quantitative estimate of drug-likeness (QED) is 0.700. The maximum Gasteiger partial charge on any atom is 0.222 e. The molecule has 0 unspecified atom stereocenters. The van der Waals surface area contributed by atoms with Crippen LogP contribution in [0.1, 0.15) is 39.0 Å². The van der Waals surface area contributed by atoms with Crippen molar-refractivity contribution in [3.8, 4) is 0 Å². The van der Waals surface area contributed by atoms with E-state index in [1.807, 2.05) is 6.92 Å². The second-order valence-electron chi connectivity index (χ2n) is 3.57. The highest BCUT2D eigenvalue weighted by molar-refractivity contribution is 9.09. The number of amides is 1. The van der Waals surface area contributed by atoms with E-state index in [2.05, 4.69) is 20.8 Å². The molecule has 0 aromatic rings. The van der Waals surface area contributed by atoms with Crippen molar-refractivity contribution in [3.63, 3.8) is 0 Å². The fourth-order valence-corrected chi connectivity index (χ4v) is 2.40. The molecule has 0 bridgehead atoms. The van der Waals surface area contributed by atoms with Gasteiger partial charge in [-0.05, 0) is 12.8 Å². The Labute approximate surface area is 88.8 Å². The van der Waals surface area contributed by atoms with Crippen molar-refractivity contribution in [2.75, 3.05) is 11.9 Å². The van der Waals surface area contributed by atoms with Crippen LogP contribution < -0.4 is 0 Å². The highest BCUT2D eigenvalue weighted by Gasteiger charge is 2.24. The molecule has 13 heavy (non-hydrogen) atoms. The summed E-state index contributed by atoms with van der Waals surface area (Å²) in [5, 5.41) is 0.898. The van der Waals surface area contributed by atoms with Crippen molar-refractivity contribution in [1.82, 2.24) is 4.90 Å². The highest BCUT2D eigenvalue weighted by atomic mass is 79.9. The van der Waals surface area contributed by atoms with Gasteiger partial charge in [-0.3, -0.25) is 4.79 Å². The highest BCUT2D eigenvalue weighted by Crippen LogP contribution is 2.23. The van der Waals surface area contributed by atoms with Gasteiger partial charge < -0.3 is 4.90 Å². The predicted molar refractivity (Wildman–Crippen MR) is 58.1 cm³/mol. The van der Waals surface area contributed by atoms with Gasteiger partial charge in [-0.1, -0.05) is 35.7 Å². The van der Waals surface area contributed by atoms with Crippen molar-refractivity contribution >= 4 is 21.8 Å². The van der Waals surface area contributed by atoms with E-state index < -0.39 is 0 Å². The van der Waals surface area contributed by atoms with Gasteiger partial charge in [0.1, 0.15) is 0 Å². The van der Waals surface area contributed by atoms with Gasteiger partial charge in [0, 0.05) is 24.3 Å². The molecule has 3 heteroatoms. The monoisotopic (exact) mass is 247 g/mol. The van der Waals surface area contributed by atoms with Crippen LogP contribution in [0.5, 0.6) is 0 Å². The number of nitrogens with zero attached hydrogens (tertiary/aromatic N) is 1. The standard InChI is InChI=1S/C10H18BrNO/c1-2-10(13)12(8-7-11)9-5-3-4-6-9/h9H,2-8H2,1H3.